The number of amides is 1. The summed E-state index contributed by atoms with van der Waals surface area (Å²) in [6.45, 7) is 11.9. The molecule has 1 aromatic heterocycles. The number of hydrogen-bond donors (Lipinski definition) is 1. The Morgan fingerprint density at radius 3 is 2.50 bits per heavy atom. The molecule has 0 fully saturated rings. The van der Waals surface area contributed by atoms with E-state index in [0.717, 1.165) is 52.5 Å². The molecule has 0 bridgehead atoms. The molecule has 5 heteroatoms. The zero-order valence-electron chi connectivity index (χ0n) is 16.2. The molecular formula is C21H27FN2OS. The quantitative estimate of drug-likeness (QED) is 0.776. The van der Waals surface area contributed by atoms with E-state index in [0.29, 0.717) is 6.42 Å². The molecule has 1 amide bonds. The van der Waals surface area contributed by atoms with Gasteiger partial charge in [0.1, 0.15) is 0 Å². The van der Waals surface area contributed by atoms with Gasteiger partial charge in [0.2, 0.25) is 5.91 Å². The minimum atomic E-state index is -0.0962. The number of rotatable bonds is 3. The maximum Gasteiger partial charge on any atom is 0.224 e. The van der Waals surface area contributed by atoms with Crippen LogP contribution in [0.15, 0.2) is 18.2 Å². The fourth-order valence-electron chi connectivity index (χ4n) is 3.49. The van der Waals surface area contributed by atoms with Crippen molar-refractivity contribution in [1.82, 2.24) is 0 Å². The van der Waals surface area contributed by atoms with Gasteiger partial charge in [0, 0.05) is 29.2 Å². The van der Waals surface area contributed by atoms with Crippen molar-refractivity contribution >= 4 is 28.6 Å². The third kappa shape index (κ3) is 4.26. The Balaban J connectivity index is 1.78. The van der Waals surface area contributed by atoms with Gasteiger partial charge in [0.15, 0.2) is 5.13 Å². The van der Waals surface area contributed by atoms with Gasteiger partial charge in [-0.25, -0.2) is 0 Å². The lowest BCUT2D eigenvalue weighted by molar-refractivity contribution is -0.117. The smallest absolute Gasteiger partial charge is 0.224 e. The zero-order chi connectivity index (χ0) is 19.1. The third-order valence-electron chi connectivity index (χ3n) is 4.69. The van der Waals surface area contributed by atoms with E-state index >= 15 is 0 Å². The van der Waals surface area contributed by atoms with Gasteiger partial charge in [0.25, 0.3) is 0 Å². The normalized spacial score (nSPS) is 14.3. The summed E-state index contributed by atoms with van der Waals surface area (Å²) < 4.78 is 13.5. The van der Waals surface area contributed by atoms with Crippen LogP contribution in [0.4, 0.5) is 15.8 Å². The highest BCUT2D eigenvalue weighted by atomic mass is 32.1. The molecule has 1 aliphatic heterocycles. The first-order valence-corrected chi connectivity index (χ1v) is 9.87. The summed E-state index contributed by atoms with van der Waals surface area (Å²) in [4.78, 5) is 15.7. The van der Waals surface area contributed by atoms with Crippen LogP contribution in [-0.4, -0.2) is 12.5 Å². The second-order valence-electron chi connectivity index (χ2n) is 8.41. The van der Waals surface area contributed by atoms with Crippen molar-refractivity contribution in [3.05, 3.63) is 44.9 Å². The maximum atomic E-state index is 13.5. The van der Waals surface area contributed by atoms with Gasteiger partial charge in [0.05, 0.1) is 6.54 Å². The zero-order valence-corrected chi connectivity index (χ0v) is 17.0. The molecule has 1 aliphatic rings. The van der Waals surface area contributed by atoms with Crippen molar-refractivity contribution in [2.24, 2.45) is 5.41 Å². The van der Waals surface area contributed by atoms with Crippen molar-refractivity contribution in [2.45, 2.75) is 54.0 Å². The Kier molecular flexibility index (Phi) is 5.11. The van der Waals surface area contributed by atoms with Gasteiger partial charge in [-0.15, -0.1) is 11.3 Å². The molecule has 0 saturated carbocycles. The number of nitrogens with zero attached hydrogens (tertiary/aromatic N) is 1. The highest BCUT2D eigenvalue weighted by Crippen LogP contribution is 2.33. The van der Waals surface area contributed by atoms with Crippen molar-refractivity contribution in [3.63, 3.8) is 0 Å². The molecule has 0 atom stereocenters. The van der Waals surface area contributed by atoms with Crippen LogP contribution in [0, 0.1) is 24.4 Å². The van der Waals surface area contributed by atoms with E-state index in [-0.39, 0.29) is 16.5 Å². The van der Waals surface area contributed by atoms with Gasteiger partial charge in [-0.3, -0.25) is 4.79 Å². The maximum absolute atomic E-state index is 13.5. The Bertz CT molecular complexity index is 812. The summed E-state index contributed by atoms with van der Waals surface area (Å²) in [6.07, 6.45) is 1.37. The number of fused-ring (bicyclic) bond motifs is 1. The van der Waals surface area contributed by atoms with Gasteiger partial charge >= 0.3 is 0 Å². The summed E-state index contributed by atoms with van der Waals surface area (Å²) >= 11 is 1.25. The number of carbonyl (C=O) groups is 1. The number of halogens is 1. The third-order valence-corrected chi connectivity index (χ3v) is 5.64. The highest BCUT2D eigenvalue weighted by Gasteiger charge is 2.21. The number of hydrogen-bond acceptors (Lipinski definition) is 3. The molecule has 2 heterocycles. The van der Waals surface area contributed by atoms with E-state index in [1.54, 1.807) is 6.07 Å². The van der Waals surface area contributed by atoms with Crippen LogP contribution in [0.25, 0.3) is 0 Å². The lowest BCUT2D eigenvalue weighted by Crippen LogP contribution is -2.29. The lowest BCUT2D eigenvalue weighted by atomic mass is 9.92. The predicted molar refractivity (Wildman–Crippen MR) is 108 cm³/mol. The van der Waals surface area contributed by atoms with Crippen molar-refractivity contribution in [3.8, 4) is 0 Å². The minimum Gasteiger partial charge on any atom is -0.366 e. The molecule has 2 aromatic rings. The summed E-state index contributed by atoms with van der Waals surface area (Å²) in [5.74, 6) is 0.0492. The number of aryl methyl sites for hydroxylation is 2. The minimum absolute atomic E-state index is 0.0344. The first-order valence-electron chi connectivity index (χ1n) is 9.05. The fraction of sp³-hybridized carbons (Fsp3) is 0.476. The Hall–Kier alpha value is -1.88. The molecule has 1 N–H and O–H groups in total. The van der Waals surface area contributed by atoms with Crippen LogP contribution < -0.4 is 10.2 Å². The number of anilines is 2. The van der Waals surface area contributed by atoms with Crippen LogP contribution in [-0.2, 0) is 17.8 Å². The standard InChI is InChI=1S/C21H27FN2OS/c1-13-8-16(24-7-6-15-10-18(22)26-17(15)12-24)9-14(2)20(13)23-19(25)11-21(3,4)5/h8-10H,6-7,11-12H2,1-5H3,(H,23,25). The van der Waals surface area contributed by atoms with E-state index in [1.165, 1.54) is 11.3 Å². The summed E-state index contributed by atoms with van der Waals surface area (Å²) in [6, 6.07) is 5.91. The molecular weight excluding hydrogens is 347 g/mol. The second kappa shape index (κ2) is 7.03. The first kappa shape index (κ1) is 18.9. The molecule has 0 unspecified atom stereocenters. The monoisotopic (exact) mass is 374 g/mol. The van der Waals surface area contributed by atoms with Gasteiger partial charge in [-0.05, 0) is 60.6 Å². The van der Waals surface area contributed by atoms with E-state index in [4.69, 9.17) is 0 Å². The highest BCUT2D eigenvalue weighted by molar-refractivity contribution is 7.10. The van der Waals surface area contributed by atoms with Crippen LogP contribution in [0.3, 0.4) is 0 Å². The van der Waals surface area contributed by atoms with E-state index < -0.39 is 0 Å². The van der Waals surface area contributed by atoms with E-state index in [9.17, 15) is 9.18 Å². The summed E-state index contributed by atoms with van der Waals surface area (Å²) in [5.41, 5.74) is 5.27. The fourth-order valence-corrected chi connectivity index (χ4v) is 4.44. The van der Waals surface area contributed by atoms with Gasteiger partial charge in [-0.1, -0.05) is 20.8 Å². The molecule has 0 spiro atoms. The predicted octanol–water partition coefficient (Wildman–Crippen LogP) is 5.44. The number of nitrogens with one attached hydrogen (secondary N) is 1. The van der Waals surface area contributed by atoms with E-state index in [1.807, 2.05) is 13.8 Å². The SMILES string of the molecule is Cc1cc(N2CCc3cc(F)sc3C2)cc(C)c1NC(=O)CC(C)(C)C. The number of thiophene rings is 1. The molecule has 3 rings (SSSR count). The van der Waals surface area contributed by atoms with Crippen LogP contribution >= 0.6 is 11.3 Å². The lowest BCUT2D eigenvalue weighted by Gasteiger charge is -2.30. The largest absolute Gasteiger partial charge is 0.366 e. The molecule has 0 radical (unpaired) electrons. The number of carbonyl (C=O) groups excluding carboxylic acids is 1. The van der Waals surface area contributed by atoms with Crippen molar-refractivity contribution in [1.29, 1.82) is 0 Å². The average molecular weight is 375 g/mol. The number of benzene rings is 1. The molecule has 140 valence electrons. The average Bonchev–Trinajstić information content (AvgIpc) is 2.88. The molecule has 3 nitrogen and oxygen atoms in total. The van der Waals surface area contributed by atoms with E-state index in [2.05, 4.69) is 43.1 Å². The molecule has 1 aromatic carbocycles. The Labute approximate surface area is 159 Å². The van der Waals surface area contributed by atoms with Gasteiger partial charge in [-0.2, -0.15) is 4.39 Å². The summed E-state index contributed by atoms with van der Waals surface area (Å²) in [5, 5.41) is 2.98. The van der Waals surface area contributed by atoms with Gasteiger partial charge < -0.3 is 10.2 Å². The Morgan fingerprint density at radius 2 is 1.88 bits per heavy atom. The van der Waals surface area contributed by atoms with Crippen molar-refractivity contribution in [2.75, 3.05) is 16.8 Å². The molecule has 26 heavy (non-hydrogen) atoms. The first-order chi connectivity index (χ1) is 12.1. The molecule has 0 saturated heterocycles. The molecule has 0 aliphatic carbocycles. The van der Waals surface area contributed by atoms with Crippen LogP contribution in [0.5, 0.6) is 0 Å². The topological polar surface area (TPSA) is 32.3 Å². The second-order valence-corrected chi connectivity index (χ2v) is 9.50. The van der Waals surface area contributed by atoms with Crippen molar-refractivity contribution < 1.29 is 9.18 Å². The summed E-state index contributed by atoms with van der Waals surface area (Å²) in [7, 11) is 0. The Morgan fingerprint density at radius 1 is 1.23 bits per heavy atom. The van der Waals surface area contributed by atoms with Crippen LogP contribution in [0.2, 0.25) is 0 Å². The van der Waals surface area contributed by atoms with Crippen LogP contribution in [0.1, 0.15) is 48.8 Å².